The fourth-order valence-electron chi connectivity index (χ4n) is 1.22. The first-order valence-electron chi connectivity index (χ1n) is 4.70. The fraction of sp³-hybridized carbons (Fsp3) is 0.0833. The quantitative estimate of drug-likeness (QED) is 0.467. The number of phenolic OH excluding ortho intramolecular Hbond substituents is 1. The smallest absolute Gasteiger partial charge is 0.162 e. The van der Waals surface area contributed by atoms with Crippen molar-refractivity contribution in [3.8, 4) is 17.9 Å². The van der Waals surface area contributed by atoms with Gasteiger partial charge in [0.05, 0.1) is 5.69 Å². The van der Waals surface area contributed by atoms with Gasteiger partial charge < -0.3 is 10.4 Å². The van der Waals surface area contributed by atoms with Gasteiger partial charge in [-0.1, -0.05) is 6.07 Å². The lowest BCUT2D eigenvalue weighted by Crippen LogP contribution is -2.00. The Balaban J connectivity index is 3.16. The van der Waals surface area contributed by atoms with Crippen LogP contribution in [-0.2, 0) is 0 Å². The van der Waals surface area contributed by atoms with Crippen LogP contribution in [0.2, 0.25) is 0 Å². The lowest BCUT2D eigenvalue weighted by Gasteiger charge is -2.08. The fourth-order valence-corrected chi connectivity index (χ4v) is 1.22. The lowest BCUT2D eigenvalue weighted by molar-refractivity contribution is 0.101. The summed E-state index contributed by atoms with van der Waals surface area (Å²) in [4.78, 5) is 11.3. The minimum Gasteiger partial charge on any atom is -0.506 e. The van der Waals surface area contributed by atoms with Crippen molar-refractivity contribution in [2.45, 2.75) is 6.92 Å². The van der Waals surface area contributed by atoms with Gasteiger partial charge in [0, 0.05) is 11.8 Å². The van der Waals surface area contributed by atoms with Crippen LogP contribution < -0.4 is 5.32 Å². The van der Waals surface area contributed by atoms with E-state index in [1.807, 2.05) is 0 Å². The summed E-state index contributed by atoms with van der Waals surface area (Å²) in [6.45, 7) is 1.36. The number of ketones is 1. The van der Waals surface area contributed by atoms with Crippen LogP contribution in [0.3, 0.4) is 0 Å². The summed E-state index contributed by atoms with van der Waals surface area (Å²) in [5.41, 5.74) is 0.322. The number of aromatic hydroxyl groups is 1. The molecule has 0 aliphatic rings. The van der Waals surface area contributed by atoms with Gasteiger partial charge in [-0.05, 0) is 19.1 Å². The molecule has 0 radical (unpaired) electrons. The minimum atomic E-state index is -0.229. The van der Waals surface area contributed by atoms with Crippen LogP contribution in [-0.4, -0.2) is 10.9 Å². The predicted molar refractivity (Wildman–Crippen MR) is 61.0 cm³/mol. The van der Waals surface area contributed by atoms with Crippen molar-refractivity contribution < 1.29 is 9.90 Å². The number of allylic oxidation sites excluding steroid dienone is 1. The Kier molecular flexibility index (Phi) is 3.86. The first-order valence-corrected chi connectivity index (χ1v) is 4.70. The van der Waals surface area contributed by atoms with E-state index in [2.05, 4.69) is 5.32 Å². The number of para-hydroxylation sites is 1. The zero-order chi connectivity index (χ0) is 12.8. The average Bonchev–Trinajstić information content (AvgIpc) is 2.31. The number of nitrogens with one attached hydrogen (secondary N) is 1. The number of rotatable bonds is 3. The molecule has 0 saturated heterocycles. The summed E-state index contributed by atoms with van der Waals surface area (Å²) in [5, 5.41) is 29.3. The Labute approximate surface area is 98.2 Å². The van der Waals surface area contributed by atoms with Crippen LogP contribution in [0.15, 0.2) is 30.0 Å². The topological polar surface area (TPSA) is 96.9 Å². The monoisotopic (exact) mass is 227 g/mol. The second-order valence-electron chi connectivity index (χ2n) is 3.18. The molecule has 0 unspecified atom stereocenters. The molecular formula is C12H9N3O2. The van der Waals surface area contributed by atoms with E-state index in [9.17, 15) is 9.90 Å². The molecule has 0 fully saturated rings. The van der Waals surface area contributed by atoms with E-state index in [4.69, 9.17) is 10.5 Å². The molecule has 1 rings (SSSR count). The number of carbonyl (C=O) groups is 1. The third-order valence-corrected chi connectivity index (χ3v) is 2.02. The Morgan fingerprint density at radius 2 is 2.06 bits per heavy atom. The van der Waals surface area contributed by atoms with Gasteiger partial charge in [0.1, 0.15) is 23.5 Å². The summed E-state index contributed by atoms with van der Waals surface area (Å²) in [6.07, 6.45) is 1.14. The SMILES string of the molecule is CC(=O)c1cccc(O)c1NC=C(C#N)C#N. The van der Waals surface area contributed by atoms with Crippen molar-refractivity contribution >= 4 is 11.5 Å². The van der Waals surface area contributed by atoms with E-state index in [0.717, 1.165) is 6.20 Å². The molecule has 0 aliphatic carbocycles. The number of hydrogen-bond donors (Lipinski definition) is 2. The highest BCUT2D eigenvalue weighted by atomic mass is 16.3. The highest BCUT2D eigenvalue weighted by Gasteiger charge is 2.10. The molecule has 1 aromatic carbocycles. The van der Waals surface area contributed by atoms with Crippen molar-refractivity contribution in [1.29, 1.82) is 10.5 Å². The van der Waals surface area contributed by atoms with Gasteiger partial charge in [-0.15, -0.1) is 0 Å². The van der Waals surface area contributed by atoms with Crippen molar-refractivity contribution in [3.63, 3.8) is 0 Å². The van der Waals surface area contributed by atoms with Crippen LogP contribution >= 0.6 is 0 Å². The molecule has 0 bridgehead atoms. The second kappa shape index (κ2) is 5.34. The van der Waals surface area contributed by atoms with Gasteiger partial charge in [0.15, 0.2) is 5.78 Å². The summed E-state index contributed by atoms with van der Waals surface area (Å²) >= 11 is 0. The van der Waals surface area contributed by atoms with E-state index < -0.39 is 0 Å². The van der Waals surface area contributed by atoms with E-state index in [-0.39, 0.29) is 28.4 Å². The van der Waals surface area contributed by atoms with Crippen LogP contribution in [0.25, 0.3) is 0 Å². The molecule has 0 heterocycles. The standard InChI is InChI=1S/C12H9N3O2/c1-8(16)10-3-2-4-11(17)12(10)15-7-9(5-13)6-14/h2-4,7,15,17H,1H3. The van der Waals surface area contributed by atoms with Gasteiger partial charge in [-0.25, -0.2) is 0 Å². The summed E-state index contributed by atoms with van der Waals surface area (Å²) in [7, 11) is 0. The maximum atomic E-state index is 11.3. The summed E-state index contributed by atoms with van der Waals surface area (Å²) in [6, 6.07) is 7.80. The van der Waals surface area contributed by atoms with Gasteiger partial charge >= 0.3 is 0 Å². The Morgan fingerprint density at radius 3 is 2.59 bits per heavy atom. The van der Waals surface area contributed by atoms with Crippen LogP contribution in [0.5, 0.6) is 5.75 Å². The number of benzene rings is 1. The second-order valence-corrected chi connectivity index (χ2v) is 3.18. The number of carbonyl (C=O) groups excluding carboxylic acids is 1. The average molecular weight is 227 g/mol. The van der Waals surface area contributed by atoms with Crippen LogP contribution in [0, 0.1) is 22.7 Å². The Hall–Kier alpha value is -2.79. The molecule has 84 valence electrons. The van der Waals surface area contributed by atoms with E-state index >= 15 is 0 Å². The molecule has 0 amide bonds. The van der Waals surface area contributed by atoms with Crippen molar-refractivity contribution in [2.75, 3.05) is 5.32 Å². The molecular weight excluding hydrogens is 218 g/mol. The number of phenols is 1. The van der Waals surface area contributed by atoms with Crippen molar-refractivity contribution in [3.05, 3.63) is 35.5 Å². The third-order valence-electron chi connectivity index (χ3n) is 2.02. The van der Waals surface area contributed by atoms with Crippen LogP contribution in [0.4, 0.5) is 5.69 Å². The van der Waals surface area contributed by atoms with E-state index in [0.29, 0.717) is 0 Å². The highest BCUT2D eigenvalue weighted by molar-refractivity contribution is 6.01. The molecule has 2 N–H and O–H groups in total. The zero-order valence-electron chi connectivity index (χ0n) is 9.06. The summed E-state index contributed by atoms with van der Waals surface area (Å²) in [5.74, 6) is -0.351. The first kappa shape index (κ1) is 12.3. The molecule has 0 saturated carbocycles. The predicted octanol–water partition coefficient (Wildman–Crippen LogP) is 1.94. The summed E-state index contributed by atoms with van der Waals surface area (Å²) < 4.78 is 0. The molecule has 1 aromatic rings. The van der Waals surface area contributed by atoms with Gasteiger partial charge in [-0.3, -0.25) is 4.79 Å². The molecule has 0 atom stereocenters. The number of nitrogens with zero attached hydrogens (tertiary/aromatic N) is 2. The normalized spacial score (nSPS) is 8.65. The first-order chi connectivity index (χ1) is 8.10. The largest absolute Gasteiger partial charge is 0.506 e. The lowest BCUT2D eigenvalue weighted by atomic mass is 10.1. The molecule has 0 aliphatic heterocycles. The third kappa shape index (κ3) is 2.83. The van der Waals surface area contributed by atoms with Crippen LogP contribution in [0.1, 0.15) is 17.3 Å². The number of Topliss-reactive ketones (excluding diaryl/α,β-unsaturated/α-hetero) is 1. The molecule has 0 aromatic heterocycles. The number of nitriles is 2. The van der Waals surface area contributed by atoms with E-state index in [1.165, 1.54) is 25.1 Å². The zero-order valence-corrected chi connectivity index (χ0v) is 9.06. The number of anilines is 1. The molecule has 5 nitrogen and oxygen atoms in total. The van der Waals surface area contributed by atoms with E-state index in [1.54, 1.807) is 12.1 Å². The Morgan fingerprint density at radius 1 is 1.41 bits per heavy atom. The maximum absolute atomic E-state index is 11.3. The maximum Gasteiger partial charge on any atom is 0.162 e. The van der Waals surface area contributed by atoms with Crippen molar-refractivity contribution in [1.82, 2.24) is 0 Å². The van der Waals surface area contributed by atoms with Gasteiger partial charge in [0.25, 0.3) is 0 Å². The van der Waals surface area contributed by atoms with Crippen molar-refractivity contribution in [2.24, 2.45) is 0 Å². The molecule has 17 heavy (non-hydrogen) atoms. The Bertz CT molecular complexity index is 546. The minimum absolute atomic E-state index is 0.121. The van der Waals surface area contributed by atoms with Gasteiger partial charge in [-0.2, -0.15) is 10.5 Å². The highest BCUT2D eigenvalue weighted by Crippen LogP contribution is 2.27. The van der Waals surface area contributed by atoms with Gasteiger partial charge in [0.2, 0.25) is 0 Å². The number of hydrogen-bond acceptors (Lipinski definition) is 5. The molecule has 0 spiro atoms. The molecule has 5 heteroatoms.